The van der Waals surface area contributed by atoms with Crippen molar-refractivity contribution in [2.45, 2.75) is 0 Å². The highest BCUT2D eigenvalue weighted by molar-refractivity contribution is 5.85. The van der Waals surface area contributed by atoms with E-state index in [2.05, 4.69) is 10.8 Å². The zero-order chi connectivity index (χ0) is 6.53. The van der Waals surface area contributed by atoms with Crippen LogP contribution in [0.4, 0.5) is 0 Å². The van der Waals surface area contributed by atoms with E-state index < -0.39 is 0 Å². The van der Waals surface area contributed by atoms with E-state index in [0.29, 0.717) is 0 Å². The lowest BCUT2D eigenvalue weighted by atomic mass is 10.4. The summed E-state index contributed by atoms with van der Waals surface area (Å²) in [6.45, 7) is 4.42. The Morgan fingerprint density at radius 2 is 2.00 bits per heavy atom. The number of nitrogens with zero attached hydrogens (tertiary/aromatic N) is 1. The van der Waals surface area contributed by atoms with Crippen LogP contribution in [-0.2, 0) is 4.74 Å². The second-order valence-corrected chi connectivity index (χ2v) is 2.09. The monoisotopic (exact) mass is 161 g/mol. The van der Waals surface area contributed by atoms with Crippen molar-refractivity contribution in [3.05, 3.63) is 0 Å². The Kier molecular flexibility index (Phi) is 5.42. The third kappa shape index (κ3) is 3.07. The molecule has 0 aromatic heterocycles. The maximum atomic E-state index is 5.14. The van der Waals surface area contributed by atoms with Gasteiger partial charge in [0.25, 0.3) is 0 Å². The molecule has 0 atom stereocenters. The lowest BCUT2D eigenvalue weighted by Crippen LogP contribution is -2.36. The van der Waals surface area contributed by atoms with Gasteiger partial charge in [-0.25, -0.2) is 0 Å². The van der Waals surface area contributed by atoms with Crippen LogP contribution in [0.25, 0.3) is 0 Å². The van der Waals surface area contributed by atoms with Crippen LogP contribution in [0.1, 0.15) is 0 Å². The second-order valence-electron chi connectivity index (χ2n) is 2.09. The van der Waals surface area contributed by atoms with Crippen molar-refractivity contribution in [3.63, 3.8) is 0 Å². The minimum absolute atomic E-state index is 0. The first-order valence-electron chi connectivity index (χ1n) is 3.17. The van der Waals surface area contributed by atoms with Crippen molar-refractivity contribution in [2.75, 3.05) is 32.8 Å². The molecule has 0 saturated carbocycles. The lowest BCUT2D eigenvalue weighted by Gasteiger charge is -2.23. The summed E-state index contributed by atoms with van der Waals surface area (Å²) in [4.78, 5) is 2.21. The van der Waals surface area contributed by atoms with Crippen LogP contribution in [0.3, 0.4) is 0 Å². The number of rotatable bonds is 1. The van der Waals surface area contributed by atoms with Crippen molar-refractivity contribution in [3.8, 4) is 12.3 Å². The summed E-state index contributed by atoms with van der Waals surface area (Å²) in [6.07, 6.45) is 5.13. The first-order chi connectivity index (χ1) is 4.43. The number of hydrogen-bond donors (Lipinski definition) is 0. The van der Waals surface area contributed by atoms with E-state index in [1.807, 2.05) is 0 Å². The van der Waals surface area contributed by atoms with Gasteiger partial charge < -0.3 is 4.74 Å². The quantitative estimate of drug-likeness (QED) is 0.516. The average molecular weight is 162 g/mol. The largest absolute Gasteiger partial charge is 0.379 e. The van der Waals surface area contributed by atoms with Crippen molar-refractivity contribution < 1.29 is 4.74 Å². The molecule has 10 heavy (non-hydrogen) atoms. The molecule has 0 bridgehead atoms. The third-order valence-electron chi connectivity index (χ3n) is 1.42. The highest BCUT2D eigenvalue weighted by atomic mass is 35.5. The van der Waals surface area contributed by atoms with Crippen LogP contribution in [0.2, 0.25) is 0 Å². The Labute approximate surface area is 67.9 Å². The van der Waals surface area contributed by atoms with Crippen molar-refractivity contribution in [2.24, 2.45) is 0 Å². The van der Waals surface area contributed by atoms with Gasteiger partial charge in [-0.05, 0) is 0 Å². The molecule has 0 radical (unpaired) electrons. The lowest BCUT2D eigenvalue weighted by molar-refractivity contribution is 0.0444. The molecular weight excluding hydrogens is 150 g/mol. The van der Waals surface area contributed by atoms with E-state index >= 15 is 0 Å². The Bertz CT molecular complexity index is 115. The maximum Gasteiger partial charge on any atom is 0.0600 e. The standard InChI is InChI=1S/C7H11NO.ClH/c1-2-3-8-4-6-9-7-5-8;/h1H,3-7H2;1H. The molecule has 2 nitrogen and oxygen atoms in total. The van der Waals surface area contributed by atoms with Crippen LogP contribution in [0.15, 0.2) is 0 Å². The fourth-order valence-electron chi connectivity index (χ4n) is 0.888. The number of terminal acetylenes is 1. The molecule has 3 heteroatoms. The minimum atomic E-state index is 0. The fourth-order valence-corrected chi connectivity index (χ4v) is 0.888. The van der Waals surface area contributed by atoms with Gasteiger partial charge in [0.05, 0.1) is 19.8 Å². The molecule has 0 unspecified atom stereocenters. The van der Waals surface area contributed by atoms with E-state index in [0.717, 1.165) is 32.8 Å². The van der Waals surface area contributed by atoms with Crippen LogP contribution in [-0.4, -0.2) is 37.7 Å². The van der Waals surface area contributed by atoms with E-state index in [1.165, 1.54) is 0 Å². The Hall–Kier alpha value is -0.230. The van der Waals surface area contributed by atoms with E-state index in [-0.39, 0.29) is 12.4 Å². The Morgan fingerprint density at radius 1 is 1.40 bits per heavy atom. The molecule has 1 aliphatic heterocycles. The Balaban J connectivity index is 0.000000810. The van der Waals surface area contributed by atoms with Gasteiger partial charge in [0.15, 0.2) is 0 Å². The smallest absolute Gasteiger partial charge is 0.0600 e. The summed E-state index contributed by atoms with van der Waals surface area (Å²) in [5.41, 5.74) is 0. The second kappa shape index (κ2) is 5.55. The van der Waals surface area contributed by atoms with Crippen molar-refractivity contribution >= 4 is 12.4 Å². The normalized spacial score (nSPS) is 19.1. The van der Waals surface area contributed by atoms with Gasteiger partial charge in [-0.15, -0.1) is 18.8 Å². The molecule has 1 rings (SSSR count). The van der Waals surface area contributed by atoms with Gasteiger partial charge in [0.1, 0.15) is 0 Å². The molecule has 0 aromatic carbocycles. The van der Waals surface area contributed by atoms with E-state index in [4.69, 9.17) is 11.2 Å². The van der Waals surface area contributed by atoms with Gasteiger partial charge in [-0.1, -0.05) is 5.92 Å². The first-order valence-corrected chi connectivity index (χ1v) is 3.17. The molecular formula is C7H12ClNO. The molecule has 1 heterocycles. The molecule has 0 aromatic rings. The van der Waals surface area contributed by atoms with Gasteiger partial charge in [-0.2, -0.15) is 0 Å². The number of halogens is 1. The molecule has 0 N–H and O–H groups in total. The molecule has 1 aliphatic rings. The SMILES string of the molecule is C#CCN1CCOCC1.Cl. The first kappa shape index (κ1) is 9.77. The average Bonchev–Trinajstić information content (AvgIpc) is 1.91. The summed E-state index contributed by atoms with van der Waals surface area (Å²) >= 11 is 0. The topological polar surface area (TPSA) is 12.5 Å². The van der Waals surface area contributed by atoms with Crippen LogP contribution >= 0.6 is 12.4 Å². The summed E-state index contributed by atoms with van der Waals surface area (Å²) in [5, 5.41) is 0. The van der Waals surface area contributed by atoms with Crippen LogP contribution < -0.4 is 0 Å². The maximum absolute atomic E-state index is 5.14. The summed E-state index contributed by atoms with van der Waals surface area (Å²) in [6, 6.07) is 0. The number of ether oxygens (including phenoxy) is 1. The summed E-state index contributed by atoms with van der Waals surface area (Å²) in [7, 11) is 0. The zero-order valence-electron chi connectivity index (χ0n) is 5.88. The fraction of sp³-hybridized carbons (Fsp3) is 0.714. The zero-order valence-corrected chi connectivity index (χ0v) is 6.69. The third-order valence-corrected chi connectivity index (χ3v) is 1.42. The van der Waals surface area contributed by atoms with Crippen molar-refractivity contribution in [1.29, 1.82) is 0 Å². The predicted molar refractivity (Wildman–Crippen MR) is 43.3 cm³/mol. The van der Waals surface area contributed by atoms with Crippen molar-refractivity contribution in [1.82, 2.24) is 4.90 Å². The van der Waals surface area contributed by atoms with E-state index in [1.54, 1.807) is 0 Å². The number of hydrogen-bond acceptors (Lipinski definition) is 2. The van der Waals surface area contributed by atoms with Gasteiger partial charge >= 0.3 is 0 Å². The van der Waals surface area contributed by atoms with Crippen LogP contribution in [0.5, 0.6) is 0 Å². The molecule has 58 valence electrons. The minimum Gasteiger partial charge on any atom is -0.379 e. The van der Waals surface area contributed by atoms with E-state index in [9.17, 15) is 0 Å². The van der Waals surface area contributed by atoms with Crippen LogP contribution in [0, 0.1) is 12.3 Å². The molecule has 0 aliphatic carbocycles. The van der Waals surface area contributed by atoms with Gasteiger partial charge in [0.2, 0.25) is 0 Å². The number of morpholine rings is 1. The van der Waals surface area contributed by atoms with Gasteiger partial charge in [-0.3, -0.25) is 4.90 Å². The molecule has 1 fully saturated rings. The molecule has 0 spiro atoms. The molecule has 1 saturated heterocycles. The highest BCUT2D eigenvalue weighted by Crippen LogP contribution is 1.93. The molecule has 0 amide bonds. The van der Waals surface area contributed by atoms with Gasteiger partial charge in [0, 0.05) is 13.1 Å². The predicted octanol–water partition coefficient (Wildman–Crippen LogP) is 0.374. The highest BCUT2D eigenvalue weighted by Gasteiger charge is 2.06. The Morgan fingerprint density at radius 3 is 2.50 bits per heavy atom. The summed E-state index contributed by atoms with van der Waals surface area (Å²) in [5.74, 6) is 2.61. The summed E-state index contributed by atoms with van der Waals surface area (Å²) < 4.78 is 5.14.